The van der Waals surface area contributed by atoms with Gasteiger partial charge in [0.25, 0.3) is 0 Å². The summed E-state index contributed by atoms with van der Waals surface area (Å²) in [6, 6.07) is 10.0. The van der Waals surface area contributed by atoms with Crippen molar-refractivity contribution in [3.63, 3.8) is 0 Å². The van der Waals surface area contributed by atoms with E-state index in [4.69, 9.17) is 0 Å². The van der Waals surface area contributed by atoms with E-state index in [1.54, 1.807) is 0 Å². The monoisotopic (exact) mass is 233 g/mol. The summed E-state index contributed by atoms with van der Waals surface area (Å²) in [5, 5.41) is 9.43. The minimum Gasteiger partial charge on any atom is -0.481 e. The van der Waals surface area contributed by atoms with Gasteiger partial charge in [-0.1, -0.05) is 37.3 Å². The van der Waals surface area contributed by atoms with Crippen molar-refractivity contribution in [1.82, 2.24) is 4.90 Å². The molecule has 1 saturated heterocycles. The lowest BCUT2D eigenvalue weighted by Gasteiger charge is -2.39. The summed E-state index contributed by atoms with van der Waals surface area (Å²) in [5.74, 6) is -0.986. The summed E-state index contributed by atoms with van der Waals surface area (Å²) < 4.78 is 0. The van der Waals surface area contributed by atoms with E-state index in [0.29, 0.717) is 0 Å². The second-order valence-corrected chi connectivity index (χ2v) is 4.74. The molecule has 3 nitrogen and oxygen atoms in total. The molecule has 2 atom stereocenters. The van der Waals surface area contributed by atoms with Crippen LogP contribution in [0.15, 0.2) is 30.3 Å². The van der Waals surface area contributed by atoms with E-state index in [1.165, 1.54) is 0 Å². The van der Waals surface area contributed by atoms with Gasteiger partial charge in [0, 0.05) is 0 Å². The van der Waals surface area contributed by atoms with E-state index in [9.17, 15) is 9.90 Å². The Bertz CT molecular complexity index is 404. The average Bonchev–Trinajstić information content (AvgIpc) is 2.68. The predicted molar refractivity (Wildman–Crippen MR) is 66.8 cm³/mol. The Kier molecular flexibility index (Phi) is 3.20. The van der Waals surface area contributed by atoms with Gasteiger partial charge in [-0.15, -0.1) is 0 Å². The number of aliphatic carboxylic acids is 1. The van der Waals surface area contributed by atoms with Gasteiger partial charge in [0.05, 0.1) is 11.5 Å². The lowest BCUT2D eigenvalue weighted by molar-refractivity contribution is -0.145. The lowest BCUT2D eigenvalue weighted by atomic mass is 9.77. The molecule has 0 aliphatic carbocycles. The fourth-order valence-corrected chi connectivity index (χ4v) is 3.22. The second-order valence-electron chi connectivity index (χ2n) is 4.74. The van der Waals surface area contributed by atoms with E-state index in [0.717, 1.165) is 24.9 Å². The Morgan fingerprint density at radius 2 is 2.12 bits per heavy atom. The third kappa shape index (κ3) is 1.75. The first-order valence-electron chi connectivity index (χ1n) is 6.12. The summed E-state index contributed by atoms with van der Waals surface area (Å²) in [4.78, 5) is 13.7. The second kappa shape index (κ2) is 4.49. The SMILES string of the molecule is CCC1(c2ccccc2)C(C(=O)O)CCN1C. The topological polar surface area (TPSA) is 40.5 Å². The van der Waals surface area contributed by atoms with E-state index < -0.39 is 5.97 Å². The van der Waals surface area contributed by atoms with Gasteiger partial charge in [0.1, 0.15) is 0 Å². The van der Waals surface area contributed by atoms with E-state index in [-0.39, 0.29) is 11.5 Å². The number of carbonyl (C=O) groups is 1. The molecule has 3 heteroatoms. The number of benzene rings is 1. The lowest BCUT2D eigenvalue weighted by Crippen LogP contribution is -2.45. The maximum absolute atomic E-state index is 11.5. The number of hydrogen-bond acceptors (Lipinski definition) is 2. The fraction of sp³-hybridized carbons (Fsp3) is 0.500. The molecule has 2 rings (SSSR count). The first kappa shape index (κ1) is 12.1. The van der Waals surface area contributed by atoms with Crippen LogP contribution in [0.2, 0.25) is 0 Å². The van der Waals surface area contributed by atoms with Crippen LogP contribution in [0.5, 0.6) is 0 Å². The molecular weight excluding hydrogens is 214 g/mol. The van der Waals surface area contributed by atoms with Crippen LogP contribution in [0.1, 0.15) is 25.3 Å². The molecule has 2 unspecified atom stereocenters. The first-order valence-corrected chi connectivity index (χ1v) is 6.12. The molecule has 1 aliphatic heterocycles. The number of nitrogens with zero attached hydrogens (tertiary/aromatic N) is 1. The Balaban J connectivity index is 2.51. The van der Waals surface area contributed by atoms with Gasteiger partial charge in [0.2, 0.25) is 0 Å². The quantitative estimate of drug-likeness (QED) is 0.871. The minimum absolute atomic E-state index is 0.306. The van der Waals surface area contributed by atoms with Gasteiger partial charge in [-0.3, -0.25) is 9.69 Å². The Morgan fingerprint density at radius 1 is 1.47 bits per heavy atom. The molecule has 1 heterocycles. The first-order chi connectivity index (χ1) is 8.13. The summed E-state index contributed by atoms with van der Waals surface area (Å²) >= 11 is 0. The number of carboxylic acids is 1. The number of hydrogen-bond donors (Lipinski definition) is 1. The Hall–Kier alpha value is -1.35. The van der Waals surface area contributed by atoms with Crippen LogP contribution >= 0.6 is 0 Å². The number of likely N-dealkylation sites (tertiary alicyclic amines) is 1. The predicted octanol–water partition coefficient (Wildman–Crippen LogP) is 2.33. The Morgan fingerprint density at radius 3 is 2.65 bits per heavy atom. The van der Waals surface area contributed by atoms with Crippen LogP contribution in [0.4, 0.5) is 0 Å². The van der Waals surface area contributed by atoms with Crippen LogP contribution in [-0.4, -0.2) is 29.6 Å². The van der Waals surface area contributed by atoms with Crippen molar-refractivity contribution in [2.75, 3.05) is 13.6 Å². The number of rotatable bonds is 3. The van der Waals surface area contributed by atoms with Gasteiger partial charge in [-0.2, -0.15) is 0 Å². The molecule has 92 valence electrons. The summed E-state index contributed by atoms with van der Waals surface area (Å²) in [5.41, 5.74) is 0.780. The number of carboxylic acid groups (broad SMARTS) is 1. The highest BCUT2D eigenvalue weighted by Crippen LogP contribution is 2.45. The smallest absolute Gasteiger partial charge is 0.308 e. The van der Waals surface area contributed by atoms with Crippen LogP contribution < -0.4 is 0 Å². The summed E-state index contributed by atoms with van der Waals surface area (Å²) in [6.07, 6.45) is 1.55. The third-order valence-corrected chi connectivity index (χ3v) is 4.12. The molecule has 1 aromatic carbocycles. The molecular formula is C14H19NO2. The van der Waals surface area contributed by atoms with Crippen molar-refractivity contribution in [3.05, 3.63) is 35.9 Å². The van der Waals surface area contributed by atoms with E-state index in [2.05, 4.69) is 11.8 Å². The Labute approximate surface area is 102 Å². The highest BCUT2D eigenvalue weighted by molar-refractivity contribution is 5.73. The van der Waals surface area contributed by atoms with Gasteiger partial charge in [-0.05, 0) is 32.0 Å². The van der Waals surface area contributed by atoms with Crippen molar-refractivity contribution in [2.45, 2.75) is 25.3 Å². The van der Waals surface area contributed by atoms with Crippen molar-refractivity contribution in [2.24, 2.45) is 5.92 Å². The molecule has 1 fully saturated rings. The standard InChI is InChI=1S/C14H19NO2/c1-3-14(11-7-5-4-6-8-11)12(13(16)17)9-10-15(14)2/h4-8,12H,3,9-10H2,1-2H3,(H,16,17). The zero-order valence-electron chi connectivity index (χ0n) is 10.4. The highest BCUT2D eigenvalue weighted by atomic mass is 16.4. The van der Waals surface area contributed by atoms with Crippen LogP contribution in [-0.2, 0) is 10.3 Å². The minimum atomic E-state index is -0.681. The molecule has 1 aromatic rings. The van der Waals surface area contributed by atoms with Gasteiger partial charge in [0.15, 0.2) is 0 Å². The van der Waals surface area contributed by atoms with Gasteiger partial charge in [-0.25, -0.2) is 0 Å². The van der Waals surface area contributed by atoms with Gasteiger partial charge >= 0.3 is 5.97 Å². The molecule has 0 aromatic heterocycles. The average molecular weight is 233 g/mol. The van der Waals surface area contributed by atoms with Crippen molar-refractivity contribution < 1.29 is 9.90 Å². The molecule has 0 bridgehead atoms. The molecule has 0 spiro atoms. The molecule has 17 heavy (non-hydrogen) atoms. The van der Waals surface area contributed by atoms with E-state index >= 15 is 0 Å². The molecule has 0 saturated carbocycles. The zero-order chi connectivity index (χ0) is 12.5. The maximum Gasteiger partial charge on any atom is 0.308 e. The van der Waals surface area contributed by atoms with Crippen molar-refractivity contribution in [1.29, 1.82) is 0 Å². The summed E-state index contributed by atoms with van der Waals surface area (Å²) in [7, 11) is 2.03. The molecule has 0 amide bonds. The van der Waals surface area contributed by atoms with Crippen LogP contribution in [0.25, 0.3) is 0 Å². The van der Waals surface area contributed by atoms with Crippen molar-refractivity contribution in [3.8, 4) is 0 Å². The zero-order valence-corrected chi connectivity index (χ0v) is 10.4. The van der Waals surface area contributed by atoms with E-state index in [1.807, 2.05) is 37.4 Å². The highest BCUT2D eigenvalue weighted by Gasteiger charge is 2.50. The normalized spacial score (nSPS) is 29.4. The third-order valence-electron chi connectivity index (χ3n) is 4.12. The molecule has 0 radical (unpaired) electrons. The van der Waals surface area contributed by atoms with Crippen LogP contribution in [0, 0.1) is 5.92 Å². The largest absolute Gasteiger partial charge is 0.481 e. The molecule has 1 N–H and O–H groups in total. The van der Waals surface area contributed by atoms with Gasteiger partial charge < -0.3 is 5.11 Å². The molecule has 1 aliphatic rings. The van der Waals surface area contributed by atoms with Crippen molar-refractivity contribution >= 4 is 5.97 Å². The maximum atomic E-state index is 11.5. The van der Waals surface area contributed by atoms with Crippen LogP contribution in [0.3, 0.4) is 0 Å². The fourth-order valence-electron chi connectivity index (χ4n) is 3.22. The summed E-state index contributed by atoms with van der Waals surface area (Å²) in [6.45, 7) is 2.92.